The third kappa shape index (κ3) is 1.42. The van der Waals surface area contributed by atoms with Crippen LogP contribution in [0.1, 0.15) is 5.56 Å². The zero-order chi connectivity index (χ0) is 6.69. The van der Waals surface area contributed by atoms with Crippen molar-refractivity contribution >= 4 is 12.1 Å². The molecule has 0 saturated heterocycles. The fraction of sp³-hybridized carbons (Fsp3) is 0.167. The van der Waals surface area contributed by atoms with E-state index >= 15 is 0 Å². The van der Waals surface area contributed by atoms with Gasteiger partial charge in [0.05, 0.1) is 0 Å². The lowest BCUT2D eigenvalue weighted by Gasteiger charge is -1.93. The number of pyridine rings is 1. The van der Waals surface area contributed by atoms with Gasteiger partial charge >= 0.3 is 0 Å². The van der Waals surface area contributed by atoms with Crippen molar-refractivity contribution in [3.8, 4) is 0 Å². The second-order valence-electron chi connectivity index (χ2n) is 1.70. The van der Waals surface area contributed by atoms with Crippen LogP contribution in [0.15, 0.2) is 23.4 Å². The van der Waals surface area contributed by atoms with Gasteiger partial charge in [-0.1, -0.05) is 6.07 Å². The van der Waals surface area contributed by atoms with Crippen molar-refractivity contribution in [2.24, 2.45) is 0 Å². The van der Waals surface area contributed by atoms with Crippen molar-refractivity contribution in [1.29, 1.82) is 0 Å². The van der Waals surface area contributed by atoms with E-state index in [2.05, 4.69) is 4.98 Å². The van der Waals surface area contributed by atoms with Crippen LogP contribution >= 0.6 is 12.1 Å². The molecule has 0 spiro atoms. The first-order valence-corrected chi connectivity index (χ1v) is 3.26. The maximum atomic E-state index is 11.8. The van der Waals surface area contributed by atoms with Gasteiger partial charge in [0.15, 0.2) is 0 Å². The fourth-order valence-corrected chi connectivity index (χ4v) is 0.842. The fourth-order valence-electron chi connectivity index (χ4n) is 0.552. The summed E-state index contributed by atoms with van der Waals surface area (Å²) in [5.41, 5.74) is 0.880. The molecule has 0 aliphatic carbocycles. The van der Waals surface area contributed by atoms with Crippen molar-refractivity contribution in [2.45, 2.75) is 11.9 Å². The predicted octanol–water partition coefficient (Wildman–Crippen LogP) is 2.37. The molecule has 48 valence electrons. The normalized spacial score (nSPS) is 9.56. The Bertz CT molecular complexity index is 202. The van der Waals surface area contributed by atoms with E-state index in [4.69, 9.17) is 0 Å². The van der Waals surface area contributed by atoms with Gasteiger partial charge in [-0.25, -0.2) is 4.98 Å². The molecule has 0 saturated carbocycles. The second-order valence-corrected chi connectivity index (χ2v) is 2.24. The molecule has 0 unspecified atom stereocenters. The van der Waals surface area contributed by atoms with E-state index < -0.39 is 0 Å². The molecule has 0 radical (unpaired) electrons. The maximum Gasteiger partial charge on any atom is 0.132 e. The number of hydrogen-bond acceptors (Lipinski definition) is 2. The summed E-state index contributed by atoms with van der Waals surface area (Å²) in [5.74, 6) is 0. The molecular weight excluding hydrogens is 137 g/mol. The zero-order valence-electron chi connectivity index (χ0n) is 4.97. The number of rotatable bonds is 1. The standard InChI is InChI=1S/C6H6FNS/c1-5-3-2-4-8-6(5)9-7/h2-4H,1H3. The van der Waals surface area contributed by atoms with Crippen LogP contribution < -0.4 is 0 Å². The smallest absolute Gasteiger partial charge is 0.132 e. The van der Waals surface area contributed by atoms with Crippen molar-refractivity contribution in [3.05, 3.63) is 23.9 Å². The summed E-state index contributed by atoms with van der Waals surface area (Å²) in [6.45, 7) is 1.83. The lowest BCUT2D eigenvalue weighted by atomic mass is 10.3. The first kappa shape index (κ1) is 6.55. The van der Waals surface area contributed by atoms with E-state index in [1.165, 1.54) is 0 Å². The van der Waals surface area contributed by atoms with E-state index in [0.717, 1.165) is 5.56 Å². The summed E-state index contributed by atoms with van der Waals surface area (Å²) in [6.07, 6.45) is 1.58. The molecule has 0 N–H and O–H groups in total. The van der Waals surface area contributed by atoms with Gasteiger partial charge in [-0.15, -0.1) is 0 Å². The van der Waals surface area contributed by atoms with Gasteiger partial charge in [0, 0.05) is 6.20 Å². The number of nitrogens with zero attached hydrogens (tertiary/aromatic N) is 1. The minimum absolute atomic E-state index is 0.184. The number of aromatic nitrogens is 1. The van der Waals surface area contributed by atoms with Crippen LogP contribution in [0.5, 0.6) is 0 Å². The summed E-state index contributed by atoms with van der Waals surface area (Å²) in [7, 11) is 0. The van der Waals surface area contributed by atoms with E-state index in [9.17, 15) is 3.89 Å². The largest absolute Gasteiger partial charge is 0.247 e. The number of hydrogen-bond donors (Lipinski definition) is 0. The van der Waals surface area contributed by atoms with Crippen molar-refractivity contribution in [1.82, 2.24) is 4.98 Å². The molecule has 0 aliphatic rings. The van der Waals surface area contributed by atoms with Gasteiger partial charge in [-0.3, -0.25) is 0 Å². The lowest BCUT2D eigenvalue weighted by molar-refractivity contribution is 0.913. The summed E-state index contributed by atoms with van der Waals surface area (Å²) in [4.78, 5) is 3.78. The Hall–Kier alpha value is -0.570. The molecule has 0 aliphatic heterocycles. The Balaban J connectivity index is 3.01. The second kappa shape index (κ2) is 2.82. The summed E-state index contributed by atoms with van der Waals surface area (Å²) in [6, 6.07) is 3.62. The Morgan fingerprint density at radius 3 is 2.89 bits per heavy atom. The summed E-state index contributed by atoms with van der Waals surface area (Å²) >= 11 is 0.184. The third-order valence-electron chi connectivity index (χ3n) is 1.03. The van der Waals surface area contributed by atoms with E-state index in [1.807, 2.05) is 13.0 Å². The molecule has 0 fully saturated rings. The van der Waals surface area contributed by atoms with Gasteiger partial charge < -0.3 is 0 Å². The average molecular weight is 143 g/mol. The Kier molecular flexibility index (Phi) is 2.05. The van der Waals surface area contributed by atoms with E-state index in [1.54, 1.807) is 12.3 Å². The summed E-state index contributed by atoms with van der Waals surface area (Å²) < 4.78 is 11.8. The van der Waals surface area contributed by atoms with Crippen LogP contribution in [-0.4, -0.2) is 4.98 Å². The molecule has 1 nitrogen and oxygen atoms in total. The Morgan fingerprint density at radius 2 is 2.44 bits per heavy atom. The SMILES string of the molecule is Cc1cccnc1SF. The van der Waals surface area contributed by atoms with Gasteiger partial charge in [0.1, 0.15) is 17.2 Å². The zero-order valence-corrected chi connectivity index (χ0v) is 5.78. The highest BCUT2D eigenvalue weighted by Gasteiger charge is 1.95. The van der Waals surface area contributed by atoms with Crippen LogP contribution in [0.25, 0.3) is 0 Å². The van der Waals surface area contributed by atoms with Gasteiger partial charge in [-0.2, -0.15) is 3.89 Å². The van der Waals surface area contributed by atoms with Crippen LogP contribution in [0.2, 0.25) is 0 Å². The molecule has 1 aromatic heterocycles. The molecule has 9 heavy (non-hydrogen) atoms. The number of halogens is 1. The van der Waals surface area contributed by atoms with Gasteiger partial charge in [0.25, 0.3) is 0 Å². The van der Waals surface area contributed by atoms with E-state index in [-0.39, 0.29) is 12.1 Å². The minimum Gasteiger partial charge on any atom is -0.247 e. The molecule has 0 bridgehead atoms. The minimum atomic E-state index is 0.184. The van der Waals surface area contributed by atoms with Crippen LogP contribution in [0, 0.1) is 6.92 Å². The molecule has 1 aromatic rings. The predicted molar refractivity (Wildman–Crippen MR) is 35.9 cm³/mol. The molecular formula is C6H6FNS. The highest BCUT2D eigenvalue weighted by atomic mass is 32.2. The lowest BCUT2D eigenvalue weighted by Crippen LogP contribution is -1.79. The molecule has 0 atom stereocenters. The van der Waals surface area contributed by atoms with Crippen LogP contribution in [0.4, 0.5) is 3.89 Å². The van der Waals surface area contributed by atoms with Gasteiger partial charge in [-0.05, 0) is 18.6 Å². The topological polar surface area (TPSA) is 12.9 Å². The van der Waals surface area contributed by atoms with Crippen LogP contribution in [0.3, 0.4) is 0 Å². The Labute approximate surface area is 57.6 Å². The quantitative estimate of drug-likeness (QED) is 0.598. The highest BCUT2D eigenvalue weighted by Crippen LogP contribution is 2.18. The first-order valence-electron chi connectivity index (χ1n) is 2.55. The maximum absolute atomic E-state index is 11.8. The monoisotopic (exact) mass is 143 g/mol. The van der Waals surface area contributed by atoms with Crippen molar-refractivity contribution in [2.75, 3.05) is 0 Å². The third-order valence-corrected chi connectivity index (χ3v) is 1.61. The Morgan fingerprint density at radius 1 is 1.67 bits per heavy atom. The van der Waals surface area contributed by atoms with Crippen LogP contribution in [-0.2, 0) is 0 Å². The molecule has 1 heterocycles. The summed E-state index contributed by atoms with van der Waals surface area (Å²) in [5, 5.41) is 0.456. The van der Waals surface area contributed by atoms with E-state index in [0.29, 0.717) is 5.03 Å². The van der Waals surface area contributed by atoms with Crippen molar-refractivity contribution < 1.29 is 3.89 Å². The molecule has 3 heteroatoms. The number of aryl methyl sites for hydroxylation is 1. The molecule has 1 rings (SSSR count). The van der Waals surface area contributed by atoms with Gasteiger partial charge in [0.2, 0.25) is 0 Å². The van der Waals surface area contributed by atoms with Crippen molar-refractivity contribution in [3.63, 3.8) is 0 Å². The first-order chi connectivity index (χ1) is 4.34. The highest BCUT2D eigenvalue weighted by molar-refractivity contribution is 7.94. The molecule has 0 amide bonds. The average Bonchev–Trinajstić information content (AvgIpc) is 1.89. The molecule has 0 aromatic carbocycles.